The zero-order chi connectivity index (χ0) is 13.1. The van der Waals surface area contributed by atoms with Crippen molar-refractivity contribution < 1.29 is 9.53 Å². The molecular formula is C12H19ClN2O2. The minimum atomic E-state index is -0.614. The van der Waals surface area contributed by atoms with Crippen molar-refractivity contribution >= 4 is 17.7 Å². The van der Waals surface area contributed by atoms with Gasteiger partial charge < -0.3 is 9.64 Å². The van der Waals surface area contributed by atoms with Crippen LogP contribution in [-0.2, 0) is 4.74 Å². The number of carbonyl (C=O) groups excluding carboxylic acids is 1. The van der Waals surface area contributed by atoms with Crippen LogP contribution in [0.5, 0.6) is 0 Å². The minimum Gasteiger partial charge on any atom is -0.444 e. The number of likely N-dealkylation sites (tertiary alicyclic amines) is 1. The van der Waals surface area contributed by atoms with Crippen LogP contribution in [-0.4, -0.2) is 35.6 Å². The number of piperidine rings is 1. The summed E-state index contributed by atoms with van der Waals surface area (Å²) in [6.45, 7) is 6.48. The molecule has 0 N–H and O–H groups in total. The molecule has 0 radical (unpaired) electrons. The summed E-state index contributed by atoms with van der Waals surface area (Å²) < 4.78 is 5.29. The van der Waals surface area contributed by atoms with Crippen LogP contribution in [0.25, 0.3) is 0 Å². The highest BCUT2D eigenvalue weighted by Gasteiger charge is 2.38. The van der Waals surface area contributed by atoms with E-state index in [0.717, 1.165) is 12.8 Å². The lowest BCUT2D eigenvalue weighted by Gasteiger charge is -2.37. The monoisotopic (exact) mass is 258 g/mol. The van der Waals surface area contributed by atoms with Gasteiger partial charge in [0.15, 0.2) is 0 Å². The van der Waals surface area contributed by atoms with Gasteiger partial charge in [0, 0.05) is 19.0 Å². The Morgan fingerprint density at radius 2 is 2.24 bits per heavy atom. The lowest BCUT2D eigenvalue weighted by molar-refractivity contribution is 0.0130. The molecule has 1 saturated heterocycles. The Kier molecular flexibility index (Phi) is 4.26. The molecule has 0 aromatic heterocycles. The number of rotatable bonds is 1. The van der Waals surface area contributed by atoms with Gasteiger partial charge in [-0.15, -0.1) is 11.6 Å². The van der Waals surface area contributed by atoms with Crippen LogP contribution < -0.4 is 0 Å². The topological polar surface area (TPSA) is 53.3 Å². The lowest BCUT2D eigenvalue weighted by Crippen LogP contribution is -2.48. The van der Waals surface area contributed by atoms with Crippen molar-refractivity contribution in [2.45, 2.75) is 39.2 Å². The van der Waals surface area contributed by atoms with E-state index in [2.05, 4.69) is 6.07 Å². The highest BCUT2D eigenvalue weighted by Crippen LogP contribution is 2.31. The van der Waals surface area contributed by atoms with Gasteiger partial charge in [-0.25, -0.2) is 4.79 Å². The second-order valence-corrected chi connectivity index (χ2v) is 5.80. The first-order chi connectivity index (χ1) is 7.82. The van der Waals surface area contributed by atoms with Crippen molar-refractivity contribution in [3.05, 3.63) is 0 Å². The van der Waals surface area contributed by atoms with E-state index >= 15 is 0 Å². The first kappa shape index (κ1) is 14.1. The summed E-state index contributed by atoms with van der Waals surface area (Å²) >= 11 is 5.84. The van der Waals surface area contributed by atoms with E-state index in [0.29, 0.717) is 13.1 Å². The first-order valence-corrected chi connectivity index (χ1v) is 6.30. The van der Waals surface area contributed by atoms with Crippen molar-refractivity contribution in [3.8, 4) is 6.07 Å². The van der Waals surface area contributed by atoms with E-state index in [-0.39, 0.29) is 12.0 Å². The number of carbonyl (C=O) groups is 1. The zero-order valence-corrected chi connectivity index (χ0v) is 11.4. The molecule has 0 aromatic carbocycles. The Morgan fingerprint density at radius 3 is 2.71 bits per heavy atom. The normalized spacial score (nSPS) is 25.2. The summed E-state index contributed by atoms with van der Waals surface area (Å²) in [6, 6.07) is 2.23. The van der Waals surface area contributed by atoms with Gasteiger partial charge in [0.25, 0.3) is 0 Å². The van der Waals surface area contributed by atoms with Gasteiger partial charge in [-0.2, -0.15) is 5.26 Å². The first-order valence-electron chi connectivity index (χ1n) is 5.77. The molecule has 1 fully saturated rings. The molecule has 0 saturated carbocycles. The Bertz CT molecular complexity index is 332. The smallest absolute Gasteiger partial charge is 0.410 e. The van der Waals surface area contributed by atoms with Crippen LogP contribution in [0.4, 0.5) is 4.79 Å². The van der Waals surface area contributed by atoms with E-state index in [4.69, 9.17) is 21.6 Å². The van der Waals surface area contributed by atoms with E-state index in [9.17, 15) is 4.79 Å². The third-order valence-electron chi connectivity index (χ3n) is 2.72. The fourth-order valence-corrected chi connectivity index (χ4v) is 2.12. The van der Waals surface area contributed by atoms with Gasteiger partial charge in [0.1, 0.15) is 5.60 Å². The van der Waals surface area contributed by atoms with Gasteiger partial charge in [-0.3, -0.25) is 0 Å². The maximum Gasteiger partial charge on any atom is 0.410 e. The SMILES string of the molecule is CC(C)(C)OC(=O)N1CCCC(C#N)(CCl)C1. The van der Waals surface area contributed by atoms with Gasteiger partial charge in [-0.1, -0.05) is 0 Å². The number of alkyl halides is 1. The molecule has 4 nitrogen and oxygen atoms in total. The fourth-order valence-electron chi connectivity index (χ4n) is 1.84. The second kappa shape index (κ2) is 5.14. The molecule has 1 amide bonds. The number of nitrogens with zero attached hydrogens (tertiary/aromatic N) is 2. The van der Waals surface area contributed by atoms with E-state index in [1.807, 2.05) is 20.8 Å². The van der Waals surface area contributed by atoms with Crippen molar-refractivity contribution in [2.24, 2.45) is 5.41 Å². The van der Waals surface area contributed by atoms with Crippen LogP contribution in [0.1, 0.15) is 33.6 Å². The van der Waals surface area contributed by atoms with Crippen molar-refractivity contribution in [1.29, 1.82) is 5.26 Å². The average Bonchev–Trinajstić information content (AvgIpc) is 2.27. The molecule has 1 heterocycles. The molecule has 17 heavy (non-hydrogen) atoms. The largest absolute Gasteiger partial charge is 0.444 e. The summed E-state index contributed by atoms with van der Waals surface area (Å²) in [7, 11) is 0. The zero-order valence-electron chi connectivity index (χ0n) is 10.6. The van der Waals surface area contributed by atoms with Crippen molar-refractivity contribution in [1.82, 2.24) is 4.90 Å². The number of hydrogen-bond acceptors (Lipinski definition) is 3. The summed E-state index contributed by atoms with van der Waals surface area (Å²) in [5.74, 6) is 0.253. The van der Waals surface area contributed by atoms with Crippen LogP contribution >= 0.6 is 11.6 Å². The summed E-state index contributed by atoms with van der Waals surface area (Å²) in [5.41, 5.74) is -1.12. The van der Waals surface area contributed by atoms with Gasteiger partial charge in [0.05, 0.1) is 11.5 Å². The average molecular weight is 259 g/mol. The highest BCUT2D eigenvalue weighted by molar-refractivity contribution is 6.18. The third kappa shape index (κ3) is 3.78. The molecule has 1 rings (SSSR count). The number of amides is 1. The molecule has 0 bridgehead atoms. The number of ether oxygens (including phenoxy) is 1. The summed E-state index contributed by atoms with van der Waals surface area (Å²) in [4.78, 5) is 13.5. The van der Waals surface area contributed by atoms with Crippen molar-refractivity contribution in [3.63, 3.8) is 0 Å². The molecule has 0 aliphatic carbocycles. The van der Waals surface area contributed by atoms with Gasteiger partial charge >= 0.3 is 6.09 Å². The van der Waals surface area contributed by atoms with Crippen LogP contribution in [0.3, 0.4) is 0 Å². The molecular weight excluding hydrogens is 240 g/mol. The lowest BCUT2D eigenvalue weighted by atomic mass is 9.83. The predicted molar refractivity (Wildman–Crippen MR) is 65.8 cm³/mol. The predicted octanol–water partition coefficient (Wildman–Crippen LogP) is 2.77. The van der Waals surface area contributed by atoms with E-state index in [1.165, 1.54) is 0 Å². The van der Waals surface area contributed by atoms with E-state index in [1.54, 1.807) is 4.90 Å². The fraction of sp³-hybridized carbons (Fsp3) is 0.833. The van der Waals surface area contributed by atoms with Gasteiger partial charge in [-0.05, 0) is 33.6 Å². The Labute approximate surface area is 107 Å². The summed E-state index contributed by atoms with van der Waals surface area (Å²) in [5, 5.41) is 9.16. The van der Waals surface area contributed by atoms with Gasteiger partial charge in [0.2, 0.25) is 0 Å². The highest BCUT2D eigenvalue weighted by atomic mass is 35.5. The molecule has 96 valence electrons. The molecule has 1 atom stereocenters. The molecule has 0 spiro atoms. The maximum absolute atomic E-state index is 11.9. The number of nitriles is 1. The number of hydrogen-bond donors (Lipinski definition) is 0. The van der Waals surface area contributed by atoms with Crippen LogP contribution in [0.15, 0.2) is 0 Å². The third-order valence-corrected chi connectivity index (χ3v) is 3.23. The molecule has 1 aliphatic rings. The standard InChI is InChI=1S/C12H19ClN2O2/c1-11(2,3)17-10(16)15-6-4-5-12(7-13,8-14)9-15/h4-7,9H2,1-3H3. The Hall–Kier alpha value is -0.950. The van der Waals surface area contributed by atoms with E-state index < -0.39 is 11.0 Å². The molecule has 5 heteroatoms. The van der Waals surface area contributed by atoms with Crippen molar-refractivity contribution in [2.75, 3.05) is 19.0 Å². The van der Waals surface area contributed by atoms with Crippen LogP contribution in [0.2, 0.25) is 0 Å². The van der Waals surface area contributed by atoms with Crippen LogP contribution in [0, 0.1) is 16.7 Å². The maximum atomic E-state index is 11.9. The Balaban J connectivity index is 2.68. The molecule has 1 aliphatic heterocycles. The molecule has 1 unspecified atom stereocenters. The quantitative estimate of drug-likeness (QED) is 0.680. The minimum absolute atomic E-state index is 0.253. The second-order valence-electron chi connectivity index (χ2n) is 5.53. The Morgan fingerprint density at radius 1 is 1.59 bits per heavy atom. The molecule has 0 aromatic rings. The number of halogens is 1. The summed E-state index contributed by atoms with van der Waals surface area (Å²) in [6.07, 6.45) is 1.17.